The van der Waals surface area contributed by atoms with Crippen LogP contribution in [0.25, 0.3) is 5.65 Å². The number of aliphatic hydroxyl groups is 2. The highest BCUT2D eigenvalue weighted by molar-refractivity contribution is 5.94. The summed E-state index contributed by atoms with van der Waals surface area (Å²) in [6, 6.07) is 3.32. The van der Waals surface area contributed by atoms with Crippen LogP contribution >= 0.6 is 0 Å². The van der Waals surface area contributed by atoms with E-state index in [1.54, 1.807) is 13.1 Å². The molecule has 32 heavy (non-hydrogen) atoms. The Morgan fingerprint density at radius 3 is 2.69 bits per heavy atom. The summed E-state index contributed by atoms with van der Waals surface area (Å²) in [4.78, 5) is 16.8. The lowest BCUT2D eigenvalue weighted by atomic mass is 10.0. The number of ether oxygens (including phenoxy) is 1. The molecule has 5 N–H and O–H groups in total. The maximum absolute atomic E-state index is 14.0. The third-order valence-corrected chi connectivity index (χ3v) is 4.73. The van der Waals surface area contributed by atoms with E-state index < -0.39 is 29.7 Å². The van der Waals surface area contributed by atoms with Crippen LogP contribution < -0.4 is 20.7 Å². The van der Waals surface area contributed by atoms with Crippen LogP contribution in [0.4, 0.5) is 26.0 Å². The molecule has 0 aliphatic carbocycles. The van der Waals surface area contributed by atoms with E-state index in [-0.39, 0.29) is 35.9 Å². The van der Waals surface area contributed by atoms with Crippen molar-refractivity contribution in [1.29, 1.82) is 0 Å². The predicted octanol–water partition coefficient (Wildman–Crippen LogP) is 1.66. The molecule has 0 aliphatic heterocycles. The predicted molar refractivity (Wildman–Crippen MR) is 113 cm³/mol. The van der Waals surface area contributed by atoms with Gasteiger partial charge in [-0.1, -0.05) is 0 Å². The zero-order chi connectivity index (χ0) is 23.5. The molecule has 2 heterocycles. The van der Waals surface area contributed by atoms with Gasteiger partial charge < -0.3 is 30.9 Å². The Bertz CT molecular complexity index is 1130. The van der Waals surface area contributed by atoms with E-state index in [1.807, 2.05) is 0 Å². The van der Waals surface area contributed by atoms with Gasteiger partial charge in [-0.05, 0) is 13.3 Å². The van der Waals surface area contributed by atoms with Crippen molar-refractivity contribution < 1.29 is 28.5 Å². The summed E-state index contributed by atoms with van der Waals surface area (Å²) in [5, 5.41) is 31.7. The summed E-state index contributed by atoms with van der Waals surface area (Å²) in [5.74, 6) is -2.22. The van der Waals surface area contributed by atoms with E-state index in [1.165, 1.54) is 24.7 Å². The minimum Gasteiger partial charge on any atom is -0.492 e. The summed E-state index contributed by atoms with van der Waals surface area (Å²) in [6.07, 6.45) is 1.47. The summed E-state index contributed by atoms with van der Waals surface area (Å²) in [6.45, 7) is 1.12. The van der Waals surface area contributed by atoms with Crippen molar-refractivity contribution in [1.82, 2.24) is 19.9 Å². The Hall–Kier alpha value is -3.51. The molecule has 1 aromatic carbocycles. The number of aliphatic hydroxyl groups excluding tert-OH is 1. The Morgan fingerprint density at radius 2 is 2.03 bits per heavy atom. The average molecular weight is 450 g/mol. The van der Waals surface area contributed by atoms with Gasteiger partial charge in [0.05, 0.1) is 36.9 Å². The first kappa shape index (κ1) is 23.2. The molecular weight excluding hydrogens is 426 g/mol. The van der Waals surface area contributed by atoms with Gasteiger partial charge in [0.25, 0.3) is 5.91 Å². The number of nitrogens with one attached hydrogen (secondary N) is 3. The van der Waals surface area contributed by atoms with Gasteiger partial charge in [-0.25, -0.2) is 18.3 Å². The topological polar surface area (TPSA) is 133 Å². The molecule has 3 aromatic rings. The number of rotatable bonds is 9. The first-order chi connectivity index (χ1) is 15.2. The van der Waals surface area contributed by atoms with Crippen molar-refractivity contribution >= 4 is 28.7 Å². The van der Waals surface area contributed by atoms with Crippen molar-refractivity contribution in [2.75, 3.05) is 37.9 Å². The number of imidazole rings is 1. The molecule has 0 fully saturated rings. The molecule has 0 aliphatic rings. The monoisotopic (exact) mass is 450 g/mol. The van der Waals surface area contributed by atoms with Crippen LogP contribution in [-0.2, 0) is 0 Å². The number of hydrogen-bond acceptors (Lipinski definition) is 8. The third-order valence-electron chi connectivity index (χ3n) is 4.73. The Kier molecular flexibility index (Phi) is 6.75. The molecule has 0 saturated heterocycles. The van der Waals surface area contributed by atoms with Crippen molar-refractivity contribution in [3.63, 3.8) is 0 Å². The smallest absolute Gasteiger partial charge is 0.271 e. The highest BCUT2D eigenvalue weighted by atomic mass is 19.1. The third kappa shape index (κ3) is 4.86. The van der Waals surface area contributed by atoms with E-state index in [0.29, 0.717) is 17.4 Å². The molecule has 1 atom stereocenters. The minimum atomic E-state index is -1.32. The van der Waals surface area contributed by atoms with Gasteiger partial charge in [-0.2, -0.15) is 0 Å². The summed E-state index contributed by atoms with van der Waals surface area (Å²) < 4.78 is 34.0. The average Bonchev–Trinajstić information content (AvgIpc) is 3.17. The van der Waals surface area contributed by atoms with Crippen molar-refractivity contribution in [2.24, 2.45) is 0 Å². The lowest BCUT2D eigenvalue weighted by Crippen LogP contribution is -2.35. The number of carbonyl (C=O) groups is 1. The number of amides is 1. The molecule has 12 heteroatoms. The van der Waals surface area contributed by atoms with Gasteiger partial charge >= 0.3 is 0 Å². The number of carbonyl (C=O) groups excluding carboxylic acids is 1. The summed E-state index contributed by atoms with van der Waals surface area (Å²) >= 11 is 0. The highest BCUT2D eigenvalue weighted by Gasteiger charge is 2.21. The second kappa shape index (κ2) is 9.32. The zero-order valence-electron chi connectivity index (χ0n) is 17.7. The fourth-order valence-corrected chi connectivity index (χ4v) is 2.98. The van der Waals surface area contributed by atoms with Crippen LogP contribution in [0.2, 0.25) is 0 Å². The maximum atomic E-state index is 14.0. The normalized spacial score (nSPS) is 13.0. The number of hydrogen-bond donors (Lipinski definition) is 5. The van der Waals surface area contributed by atoms with Crippen LogP contribution in [0.15, 0.2) is 24.4 Å². The van der Waals surface area contributed by atoms with Crippen molar-refractivity contribution in [3.8, 4) is 5.75 Å². The SMILES string of the molecule is CNc1cc(Nc2cc(F)cc(F)c2OC)nn2c(C(=O)NCCC(C)(O)CO)cnc12. The number of aromatic nitrogens is 3. The number of fused-ring (bicyclic) bond motifs is 1. The van der Waals surface area contributed by atoms with Gasteiger partial charge in [0.15, 0.2) is 28.7 Å². The quantitative estimate of drug-likeness (QED) is 0.333. The molecule has 10 nitrogen and oxygen atoms in total. The van der Waals surface area contributed by atoms with Crippen molar-refractivity contribution in [2.45, 2.75) is 18.9 Å². The largest absolute Gasteiger partial charge is 0.492 e. The number of anilines is 3. The zero-order valence-corrected chi connectivity index (χ0v) is 17.7. The Balaban J connectivity index is 1.93. The van der Waals surface area contributed by atoms with Gasteiger partial charge in [0.2, 0.25) is 0 Å². The molecule has 0 saturated carbocycles. The van der Waals surface area contributed by atoms with Crippen LogP contribution in [0.1, 0.15) is 23.8 Å². The van der Waals surface area contributed by atoms with Gasteiger partial charge in [0, 0.05) is 31.8 Å². The Labute approximate surface area is 182 Å². The van der Waals surface area contributed by atoms with Crippen LogP contribution in [0.3, 0.4) is 0 Å². The molecule has 2 aromatic heterocycles. The molecular formula is C20H24F2N6O4. The molecule has 3 rings (SSSR count). The fourth-order valence-electron chi connectivity index (χ4n) is 2.98. The van der Waals surface area contributed by atoms with Crippen LogP contribution in [-0.4, -0.2) is 63.6 Å². The van der Waals surface area contributed by atoms with E-state index in [0.717, 1.165) is 6.07 Å². The van der Waals surface area contributed by atoms with Crippen LogP contribution in [0, 0.1) is 11.6 Å². The standard InChI is InChI=1S/C20H24F2N6O4/c1-20(31,10-29)4-5-24-19(30)15-9-25-18-14(23-2)8-16(27-28(15)18)26-13-7-11(21)6-12(22)17(13)32-3/h6-9,23,29,31H,4-5,10H2,1-3H3,(H,24,30)(H,26,27). The lowest BCUT2D eigenvalue weighted by molar-refractivity contribution is -0.00434. The number of benzene rings is 1. The number of methoxy groups -OCH3 is 1. The van der Waals surface area contributed by atoms with Gasteiger partial charge in [-0.3, -0.25) is 4.79 Å². The summed E-state index contributed by atoms with van der Waals surface area (Å²) in [5.41, 5.74) is -0.360. The molecule has 0 spiro atoms. The number of halogens is 2. The van der Waals surface area contributed by atoms with E-state index >= 15 is 0 Å². The van der Waals surface area contributed by atoms with E-state index in [9.17, 15) is 18.7 Å². The molecule has 1 amide bonds. The van der Waals surface area contributed by atoms with Crippen molar-refractivity contribution in [3.05, 3.63) is 41.7 Å². The molecule has 1 unspecified atom stereocenters. The molecule has 172 valence electrons. The van der Waals surface area contributed by atoms with E-state index in [2.05, 4.69) is 26.0 Å². The Morgan fingerprint density at radius 1 is 1.28 bits per heavy atom. The first-order valence-corrected chi connectivity index (χ1v) is 9.67. The maximum Gasteiger partial charge on any atom is 0.271 e. The highest BCUT2D eigenvalue weighted by Crippen LogP contribution is 2.32. The van der Waals surface area contributed by atoms with Gasteiger partial charge in [0.1, 0.15) is 5.82 Å². The van der Waals surface area contributed by atoms with Gasteiger partial charge in [-0.15, -0.1) is 5.10 Å². The van der Waals surface area contributed by atoms with Crippen LogP contribution in [0.5, 0.6) is 5.75 Å². The minimum absolute atomic E-state index is 0.0104. The second-order valence-electron chi connectivity index (χ2n) is 7.33. The molecule has 0 bridgehead atoms. The van der Waals surface area contributed by atoms with E-state index in [4.69, 9.17) is 9.84 Å². The fraction of sp³-hybridized carbons (Fsp3) is 0.350. The summed E-state index contributed by atoms with van der Waals surface area (Å²) in [7, 11) is 2.90. The number of nitrogens with zero attached hydrogens (tertiary/aromatic N) is 3. The first-order valence-electron chi connectivity index (χ1n) is 9.67. The lowest BCUT2D eigenvalue weighted by Gasteiger charge is -2.19. The molecule has 0 radical (unpaired) electrons. The second-order valence-corrected chi connectivity index (χ2v) is 7.33.